The summed E-state index contributed by atoms with van der Waals surface area (Å²) < 4.78 is 29.2. The summed E-state index contributed by atoms with van der Waals surface area (Å²) in [5.41, 5.74) is 3.85. The molecule has 0 spiro atoms. The molecule has 3 aromatic heterocycles. The summed E-state index contributed by atoms with van der Waals surface area (Å²) in [7, 11) is -3.66. The average Bonchev–Trinajstić information content (AvgIpc) is 3.38. The zero-order valence-corrected chi connectivity index (χ0v) is 16.8. The number of sulfonamides is 1. The lowest BCUT2D eigenvalue weighted by Gasteiger charge is -2.36. The lowest BCUT2D eigenvalue weighted by Crippen LogP contribution is -2.47. The molecular formula is C18H19N5O3S2. The Balaban J connectivity index is 1.40. The number of rotatable bonds is 4. The summed E-state index contributed by atoms with van der Waals surface area (Å²) in [5.74, 6) is -0.199. The minimum Gasteiger partial charge on any atom is -0.331 e. The molecule has 0 aliphatic carbocycles. The molecule has 2 aliphatic heterocycles. The van der Waals surface area contributed by atoms with Crippen LogP contribution >= 0.6 is 11.3 Å². The van der Waals surface area contributed by atoms with Gasteiger partial charge in [-0.1, -0.05) is 6.07 Å². The second-order valence-corrected chi connectivity index (χ2v) is 10.2. The second kappa shape index (κ2) is 6.36. The largest absolute Gasteiger partial charge is 0.331 e. The highest BCUT2D eigenvalue weighted by Crippen LogP contribution is 2.43. The first-order chi connectivity index (χ1) is 13.4. The van der Waals surface area contributed by atoms with Crippen LogP contribution in [-0.4, -0.2) is 46.4 Å². The van der Waals surface area contributed by atoms with Crippen LogP contribution in [-0.2, 0) is 21.2 Å². The summed E-state index contributed by atoms with van der Waals surface area (Å²) in [6, 6.07) is 5.13. The van der Waals surface area contributed by atoms with Gasteiger partial charge in [0.2, 0.25) is 5.91 Å². The minimum atomic E-state index is -3.66. The summed E-state index contributed by atoms with van der Waals surface area (Å²) in [6.45, 7) is 1.70. The van der Waals surface area contributed by atoms with E-state index in [1.807, 2.05) is 28.6 Å². The number of carbonyl (C=O) groups excluding carboxylic acids is 1. The molecule has 2 bridgehead atoms. The number of thiophene rings is 1. The monoisotopic (exact) mass is 417 g/mol. The van der Waals surface area contributed by atoms with Gasteiger partial charge in [-0.2, -0.15) is 5.10 Å². The number of fused-ring (bicyclic) bond motifs is 6. The number of hydrogen-bond acceptors (Lipinski definition) is 6. The fourth-order valence-corrected chi connectivity index (χ4v) is 6.33. The molecule has 8 nitrogen and oxygen atoms in total. The van der Waals surface area contributed by atoms with E-state index in [-0.39, 0.29) is 28.7 Å². The smallest absolute Gasteiger partial charge is 0.250 e. The van der Waals surface area contributed by atoms with E-state index in [1.165, 1.54) is 6.07 Å². The van der Waals surface area contributed by atoms with E-state index < -0.39 is 10.0 Å². The molecule has 28 heavy (non-hydrogen) atoms. The van der Waals surface area contributed by atoms with Crippen molar-refractivity contribution in [2.45, 2.75) is 42.5 Å². The highest BCUT2D eigenvalue weighted by molar-refractivity contribution is 7.91. The normalized spacial score (nSPS) is 21.2. The Hall–Kier alpha value is -2.30. The molecule has 10 heteroatoms. The van der Waals surface area contributed by atoms with Gasteiger partial charge in [-0.3, -0.25) is 4.79 Å². The van der Waals surface area contributed by atoms with Crippen molar-refractivity contribution < 1.29 is 13.2 Å². The number of aromatic nitrogens is 3. The molecule has 2 aliphatic rings. The van der Waals surface area contributed by atoms with Gasteiger partial charge in [0.15, 0.2) is 5.65 Å². The number of nitrogens with zero attached hydrogens (tertiary/aromatic N) is 4. The maximum absolute atomic E-state index is 12.9. The highest BCUT2D eigenvalue weighted by atomic mass is 32.2. The van der Waals surface area contributed by atoms with Gasteiger partial charge in [-0.05, 0) is 31.2 Å². The Morgan fingerprint density at radius 3 is 3.04 bits per heavy atom. The third kappa shape index (κ3) is 2.75. The lowest BCUT2D eigenvalue weighted by molar-refractivity contribution is -0.133. The quantitative estimate of drug-likeness (QED) is 0.697. The van der Waals surface area contributed by atoms with Crippen molar-refractivity contribution in [3.8, 4) is 0 Å². The van der Waals surface area contributed by atoms with E-state index in [9.17, 15) is 13.2 Å². The minimum absolute atomic E-state index is 0.0614. The maximum Gasteiger partial charge on any atom is 0.250 e. The van der Waals surface area contributed by atoms with Gasteiger partial charge in [0, 0.05) is 30.3 Å². The number of carbonyl (C=O) groups is 1. The Kier molecular flexibility index (Phi) is 4.04. The molecule has 1 fully saturated rings. The van der Waals surface area contributed by atoms with Crippen LogP contribution in [0.3, 0.4) is 0 Å². The molecule has 5 heterocycles. The summed E-state index contributed by atoms with van der Waals surface area (Å²) in [4.78, 5) is 19.2. The van der Waals surface area contributed by atoms with Gasteiger partial charge in [0.05, 0.1) is 24.0 Å². The van der Waals surface area contributed by atoms with E-state index >= 15 is 0 Å². The molecule has 5 rings (SSSR count). The Morgan fingerprint density at radius 1 is 1.39 bits per heavy atom. The van der Waals surface area contributed by atoms with Crippen LogP contribution in [0.25, 0.3) is 5.65 Å². The van der Waals surface area contributed by atoms with Gasteiger partial charge >= 0.3 is 0 Å². The molecule has 0 saturated carbocycles. The second-order valence-electron chi connectivity index (χ2n) is 7.22. The van der Waals surface area contributed by atoms with E-state index in [4.69, 9.17) is 0 Å². The SMILES string of the molecule is Cc1cc2ncc3c(n2n1)CC1CCC3N1C(=O)CNS(=O)(=O)c1cccs1. The van der Waals surface area contributed by atoms with E-state index in [1.54, 1.807) is 11.4 Å². The van der Waals surface area contributed by atoms with Crippen molar-refractivity contribution in [1.82, 2.24) is 24.2 Å². The van der Waals surface area contributed by atoms with Crippen molar-refractivity contribution in [3.63, 3.8) is 0 Å². The van der Waals surface area contributed by atoms with Crippen LogP contribution in [0.5, 0.6) is 0 Å². The van der Waals surface area contributed by atoms with Crippen molar-refractivity contribution in [3.05, 3.63) is 46.7 Å². The topological polar surface area (TPSA) is 96.7 Å². The van der Waals surface area contributed by atoms with Crippen LogP contribution in [0.2, 0.25) is 0 Å². The van der Waals surface area contributed by atoms with Crippen molar-refractivity contribution in [2.24, 2.45) is 0 Å². The molecule has 2 atom stereocenters. The lowest BCUT2D eigenvalue weighted by atomic mass is 9.99. The zero-order valence-electron chi connectivity index (χ0n) is 15.2. The van der Waals surface area contributed by atoms with E-state index in [2.05, 4.69) is 14.8 Å². The van der Waals surface area contributed by atoms with Gasteiger partial charge in [0.25, 0.3) is 10.0 Å². The van der Waals surface area contributed by atoms with E-state index in [0.29, 0.717) is 6.42 Å². The Morgan fingerprint density at radius 2 is 2.25 bits per heavy atom. The predicted molar refractivity (Wildman–Crippen MR) is 104 cm³/mol. The van der Waals surface area contributed by atoms with Crippen LogP contribution in [0, 0.1) is 6.92 Å². The van der Waals surface area contributed by atoms with Crippen molar-refractivity contribution in [2.75, 3.05) is 6.54 Å². The Labute approximate surface area is 166 Å². The van der Waals surface area contributed by atoms with Gasteiger partial charge in [-0.25, -0.2) is 22.6 Å². The van der Waals surface area contributed by atoms with Crippen molar-refractivity contribution >= 4 is 32.9 Å². The first-order valence-corrected chi connectivity index (χ1v) is 11.5. The van der Waals surface area contributed by atoms with Crippen LogP contribution in [0.15, 0.2) is 34.0 Å². The number of aryl methyl sites for hydroxylation is 1. The predicted octanol–water partition coefficient (Wildman–Crippen LogP) is 1.67. The fourth-order valence-electron chi connectivity index (χ4n) is 4.32. The number of nitrogens with one attached hydrogen (secondary N) is 1. The fraction of sp³-hybridized carbons (Fsp3) is 0.389. The Bertz CT molecular complexity index is 1170. The molecule has 1 N–H and O–H groups in total. The number of hydrogen-bond donors (Lipinski definition) is 1. The molecule has 1 amide bonds. The van der Waals surface area contributed by atoms with Gasteiger partial charge in [-0.15, -0.1) is 11.3 Å². The standard InChI is InChI=1S/C18H19N5O3S2/c1-11-7-16-19-9-13-14-5-4-12(8-15(13)23(16)21-11)22(14)17(24)10-20-28(25,26)18-3-2-6-27-18/h2-3,6-7,9,12,14,20H,4-5,8,10H2,1H3. The van der Waals surface area contributed by atoms with Crippen LogP contribution < -0.4 is 4.72 Å². The third-order valence-electron chi connectivity index (χ3n) is 5.49. The molecule has 3 aromatic rings. The first-order valence-electron chi connectivity index (χ1n) is 9.12. The summed E-state index contributed by atoms with van der Waals surface area (Å²) >= 11 is 1.13. The van der Waals surface area contributed by atoms with E-state index in [0.717, 1.165) is 46.8 Å². The first kappa shape index (κ1) is 17.8. The average molecular weight is 418 g/mol. The van der Waals surface area contributed by atoms with Crippen molar-refractivity contribution in [1.29, 1.82) is 0 Å². The van der Waals surface area contributed by atoms with Gasteiger partial charge < -0.3 is 4.90 Å². The molecule has 2 unspecified atom stereocenters. The zero-order chi connectivity index (χ0) is 19.5. The molecule has 0 aromatic carbocycles. The molecule has 146 valence electrons. The summed E-state index contributed by atoms with van der Waals surface area (Å²) in [6.07, 6.45) is 4.29. The number of amides is 1. The molecular weight excluding hydrogens is 398 g/mol. The maximum atomic E-state index is 12.9. The summed E-state index contributed by atoms with van der Waals surface area (Å²) in [5, 5.41) is 6.25. The van der Waals surface area contributed by atoms with Gasteiger partial charge in [0.1, 0.15) is 4.21 Å². The van der Waals surface area contributed by atoms with Crippen LogP contribution in [0.1, 0.15) is 35.8 Å². The highest BCUT2D eigenvalue weighted by Gasteiger charge is 2.43. The molecule has 0 radical (unpaired) electrons. The molecule has 1 saturated heterocycles. The van der Waals surface area contributed by atoms with Crippen LogP contribution in [0.4, 0.5) is 0 Å². The third-order valence-corrected chi connectivity index (χ3v) is 8.29.